The molecular formula is C18H32N8O. The van der Waals surface area contributed by atoms with Crippen LogP contribution in [0.4, 0.5) is 0 Å². The predicted molar refractivity (Wildman–Crippen MR) is 104 cm³/mol. The third-order valence-electron chi connectivity index (χ3n) is 5.59. The van der Waals surface area contributed by atoms with Gasteiger partial charge in [0.2, 0.25) is 5.91 Å². The second-order valence-electron chi connectivity index (χ2n) is 7.17. The van der Waals surface area contributed by atoms with Gasteiger partial charge in [-0.2, -0.15) is 0 Å². The Kier molecular flexibility index (Phi) is 6.65. The van der Waals surface area contributed by atoms with E-state index in [1.807, 2.05) is 16.4 Å². The summed E-state index contributed by atoms with van der Waals surface area (Å²) in [4.78, 5) is 23.6. The van der Waals surface area contributed by atoms with E-state index in [9.17, 15) is 4.79 Å². The maximum Gasteiger partial charge on any atom is 0.239 e. The topological polar surface area (TPSA) is 81.9 Å². The van der Waals surface area contributed by atoms with Gasteiger partial charge in [-0.15, -0.1) is 10.2 Å². The minimum absolute atomic E-state index is 0.0386. The SMILES string of the molecule is CCn1cnnc1CNC(=NC)N1CCN(C(C)C(=O)N2CCCC2)CC1. The molecule has 0 saturated carbocycles. The number of hydrogen-bond acceptors (Lipinski definition) is 5. The van der Waals surface area contributed by atoms with Crippen molar-refractivity contribution < 1.29 is 4.79 Å². The Bertz CT molecular complexity index is 644. The van der Waals surface area contributed by atoms with Gasteiger partial charge in [0, 0.05) is 52.9 Å². The van der Waals surface area contributed by atoms with Gasteiger partial charge < -0.3 is 19.7 Å². The molecule has 3 heterocycles. The van der Waals surface area contributed by atoms with E-state index in [2.05, 4.69) is 37.2 Å². The number of rotatable bonds is 5. The molecule has 3 rings (SSSR count). The van der Waals surface area contributed by atoms with Crippen molar-refractivity contribution in [2.75, 3.05) is 46.3 Å². The smallest absolute Gasteiger partial charge is 0.239 e. The lowest BCUT2D eigenvalue weighted by atomic mass is 10.2. The van der Waals surface area contributed by atoms with Crippen molar-refractivity contribution in [2.24, 2.45) is 4.99 Å². The summed E-state index contributed by atoms with van der Waals surface area (Å²) >= 11 is 0. The maximum absolute atomic E-state index is 12.6. The second kappa shape index (κ2) is 9.16. The predicted octanol–water partition coefficient (Wildman–Crippen LogP) is 0.00190. The highest BCUT2D eigenvalue weighted by Gasteiger charge is 2.30. The van der Waals surface area contributed by atoms with E-state index in [1.165, 1.54) is 0 Å². The van der Waals surface area contributed by atoms with E-state index < -0.39 is 0 Å². The summed E-state index contributed by atoms with van der Waals surface area (Å²) in [7, 11) is 1.80. The number of piperazine rings is 1. The summed E-state index contributed by atoms with van der Waals surface area (Å²) < 4.78 is 2.02. The van der Waals surface area contributed by atoms with Crippen LogP contribution in [-0.4, -0.2) is 93.7 Å². The zero-order valence-electron chi connectivity index (χ0n) is 16.8. The van der Waals surface area contributed by atoms with Gasteiger partial charge in [-0.05, 0) is 26.7 Å². The molecule has 0 aliphatic carbocycles. The molecule has 1 aromatic rings. The Morgan fingerprint density at radius 2 is 1.89 bits per heavy atom. The Morgan fingerprint density at radius 3 is 2.52 bits per heavy atom. The van der Waals surface area contributed by atoms with Crippen molar-refractivity contribution >= 4 is 11.9 Å². The Hall–Kier alpha value is -2.16. The van der Waals surface area contributed by atoms with Crippen molar-refractivity contribution in [1.82, 2.24) is 34.8 Å². The van der Waals surface area contributed by atoms with Crippen LogP contribution in [0.2, 0.25) is 0 Å². The van der Waals surface area contributed by atoms with Crippen molar-refractivity contribution in [2.45, 2.75) is 45.8 Å². The van der Waals surface area contributed by atoms with Crippen LogP contribution < -0.4 is 5.32 Å². The van der Waals surface area contributed by atoms with E-state index in [0.717, 1.165) is 70.4 Å². The molecule has 2 aliphatic rings. The number of hydrogen-bond donors (Lipinski definition) is 1. The number of amides is 1. The second-order valence-corrected chi connectivity index (χ2v) is 7.17. The van der Waals surface area contributed by atoms with E-state index in [4.69, 9.17) is 0 Å². The summed E-state index contributed by atoms with van der Waals surface area (Å²) in [5.41, 5.74) is 0. The molecule has 1 aromatic heterocycles. The molecule has 0 aromatic carbocycles. The number of carbonyl (C=O) groups excluding carboxylic acids is 1. The van der Waals surface area contributed by atoms with Crippen LogP contribution in [-0.2, 0) is 17.9 Å². The molecule has 1 amide bonds. The molecule has 9 nitrogen and oxygen atoms in total. The fraction of sp³-hybridized carbons (Fsp3) is 0.778. The number of aliphatic imine (C=N–C) groups is 1. The molecule has 9 heteroatoms. The normalized spacial score (nSPS) is 20.2. The third kappa shape index (κ3) is 4.58. The van der Waals surface area contributed by atoms with Crippen LogP contribution >= 0.6 is 0 Å². The van der Waals surface area contributed by atoms with Crippen LogP contribution in [0.15, 0.2) is 11.3 Å². The van der Waals surface area contributed by atoms with Gasteiger partial charge in [-0.1, -0.05) is 0 Å². The standard InChI is InChI=1S/C18H32N8O/c1-4-23-14-21-22-16(23)13-20-18(19-3)26-11-9-24(10-12-26)15(2)17(27)25-7-5-6-8-25/h14-15H,4-13H2,1-3H3,(H,19,20). The number of nitrogens with zero attached hydrogens (tertiary/aromatic N) is 7. The summed E-state index contributed by atoms with van der Waals surface area (Å²) in [6.07, 6.45) is 4.03. The number of likely N-dealkylation sites (tertiary alicyclic amines) is 1. The zero-order chi connectivity index (χ0) is 19.2. The number of guanidine groups is 1. The van der Waals surface area contributed by atoms with Gasteiger partial charge >= 0.3 is 0 Å². The van der Waals surface area contributed by atoms with Crippen molar-refractivity contribution in [3.63, 3.8) is 0 Å². The summed E-state index contributed by atoms with van der Waals surface area (Å²) in [6, 6.07) is -0.0386. The molecule has 1 unspecified atom stereocenters. The first-order valence-corrected chi connectivity index (χ1v) is 9.99. The molecule has 0 spiro atoms. The minimum atomic E-state index is -0.0386. The van der Waals surface area contributed by atoms with Gasteiger partial charge in [-0.25, -0.2) is 0 Å². The van der Waals surface area contributed by atoms with Gasteiger partial charge in [-0.3, -0.25) is 14.7 Å². The maximum atomic E-state index is 12.6. The third-order valence-corrected chi connectivity index (χ3v) is 5.59. The Labute approximate surface area is 161 Å². The number of nitrogens with one attached hydrogen (secondary N) is 1. The first-order valence-electron chi connectivity index (χ1n) is 9.99. The van der Waals surface area contributed by atoms with Crippen molar-refractivity contribution in [3.05, 3.63) is 12.2 Å². The molecule has 2 fully saturated rings. The molecule has 150 valence electrons. The highest BCUT2D eigenvalue weighted by Crippen LogP contribution is 2.14. The quantitative estimate of drug-likeness (QED) is 0.576. The highest BCUT2D eigenvalue weighted by atomic mass is 16.2. The van der Waals surface area contributed by atoms with Gasteiger partial charge in [0.1, 0.15) is 6.33 Å². The minimum Gasteiger partial charge on any atom is -0.349 e. The summed E-state index contributed by atoms with van der Waals surface area (Å²) in [5.74, 6) is 2.06. The fourth-order valence-corrected chi connectivity index (χ4v) is 3.85. The van der Waals surface area contributed by atoms with Gasteiger partial charge in [0.25, 0.3) is 0 Å². The van der Waals surface area contributed by atoms with Gasteiger partial charge in [0.15, 0.2) is 11.8 Å². The molecule has 0 bridgehead atoms. The number of aromatic nitrogens is 3. The number of aryl methyl sites for hydroxylation is 1. The van der Waals surface area contributed by atoms with Crippen LogP contribution in [0.5, 0.6) is 0 Å². The lowest BCUT2D eigenvalue weighted by Gasteiger charge is -2.39. The number of carbonyl (C=O) groups is 1. The van der Waals surface area contributed by atoms with E-state index >= 15 is 0 Å². The van der Waals surface area contributed by atoms with E-state index in [0.29, 0.717) is 6.54 Å². The lowest BCUT2D eigenvalue weighted by molar-refractivity contribution is -0.135. The Balaban J connectivity index is 1.49. The molecule has 1 atom stereocenters. The molecule has 2 aliphatic heterocycles. The van der Waals surface area contributed by atoms with Crippen LogP contribution in [0.3, 0.4) is 0 Å². The van der Waals surface area contributed by atoms with Crippen LogP contribution in [0.25, 0.3) is 0 Å². The highest BCUT2D eigenvalue weighted by molar-refractivity contribution is 5.82. The van der Waals surface area contributed by atoms with Crippen LogP contribution in [0.1, 0.15) is 32.5 Å². The van der Waals surface area contributed by atoms with E-state index in [-0.39, 0.29) is 11.9 Å². The largest absolute Gasteiger partial charge is 0.349 e. The summed E-state index contributed by atoms with van der Waals surface area (Å²) in [5, 5.41) is 11.5. The lowest BCUT2D eigenvalue weighted by Crippen LogP contribution is -2.57. The van der Waals surface area contributed by atoms with Crippen molar-refractivity contribution in [1.29, 1.82) is 0 Å². The van der Waals surface area contributed by atoms with Gasteiger partial charge in [0.05, 0.1) is 12.6 Å². The fourth-order valence-electron chi connectivity index (χ4n) is 3.85. The molecular weight excluding hydrogens is 344 g/mol. The molecule has 27 heavy (non-hydrogen) atoms. The monoisotopic (exact) mass is 376 g/mol. The first kappa shape index (κ1) is 19.6. The van der Waals surface area contributed by atoms with Crippen LogP contribution in [0, 0.1) is 0 Å². The molecule has 1 N–H and O–H groups in total. The van der Waals surface area contributed by atoms with Crippen molar-refractivity contribution in [3.8, 4) is 0 Å². The molecule has 0 radical (unpaired) electrons. The first-order chi connectivity index (χ1) is 13.1. The average molecular weight is 377 g/mol. The zero-order valence-corrected chi connectivity index (χ0v) is 16.8. The average Bonchev–Trinajstić information content (AvgIpc) is 3.39. The summed E-state index contributed by atoms with van der Waals surface area (Å²) in [6.45, 7) is 10.9. The van der Waals surface area contributed by atoms with E-state index in [1.54, 1.807) is 13.4 Å². The Morgan fingerprint density at radius 1 is 1.19 bits per heavy atom. The molecule has 2 saturated heterocycles.